The van der Waals surface area contributed by atoms with Crippen LogP contribution in [0.2, 0.25) is 0 Å². The number of rotatable bonds is 7. The van der Waals surface area contributed by atoms with Gasteiger partial charge in [0.2, 0.25) is 10.0 Å². The van der Waals surface area contributed by atoms with Gasteiger partial charge >= 0.3 is 0 Å². The predicted molar refractivity (Wildman–Crippen MR) is 60.9 cm³/mol. The van der Waals surface area contributed by atoms with E-state index in [-0.39, 0.29) is 10.5 Å². The van der Waals surface area contributed by atoms with Crippen LogP contribution in [0.25, 0.3) is 0 Å². The van der Waals surface area contributed by atoms with E-state index in [0.29, 0.717) is 19.5 Å². The molecule has 1 aliphatic rings. The van der Waals surface area contributed by atoms with E-state index in [2.05, 4.69) is 4.72 Å². The molecule has 0 aliphatic heterocycles. The molecule has 0 aromatic rings. The highest BCUT2D eigenvalue weighted by Crippen LogP contribution is 2.46. The maximum Gasteiger partial charge on any atom is 0.211 e. The van der Waals surface area contributed by atoms with Crippen molar-refractivity contribution in [3.63, 3.8) is 0 Å². The Kier molecular flexibility index (Phi) is 4.24. The molecule has 0 bridgehead atoms. The summed E-state index contributed by atoms with van der Waals surface area (Å²) in [6.45, 7) is 0.996. The van der Waals surface area contributed by atoms with Crippen molar-refractivity contribution >= 4 is 21.8 Å². The smallest absolute Gasteiger partial charge is 0.211 e. The SMILES string of the molecule is CSC1(CNS(=O)(=O)CCCN)CC1. The number of nitrogens with two attached hydrogens (primary N) is 1. The van der Waals surface area contributed by atoms with Crippen molar-refractivity contribution < 1.29 is 8.42 Å². The minimum absolute atomic E-state index is 0.147. The van der Waals surface area contributed by atoms with Crippen LogP contribution >= 0.6 is 11.8 Å². The Bertz CT molecular complexity index is 273. The summed E-state index contributed by atoms with van der Waals surface area (Å²) < 4.78 is 25.6. The van der Waals surface area contributed by atoms with Crippen LogP contribution in [-0.2, 0) is 10.0 Å². The van der Waals surface area contributed by atoms with Gasteiger partial charge in [0.25, 0.3) is 0 Å². The quantitative estimate of drug-likeness (QED) is 0.662. The van der Waals surface area contributed by atoms with Gasteiger partial charge < -0.3 is 5.73 Å². The summed E-state index contributed by atoms with van der Waals surface area (Å²) in [5, 5.41) is 0. The summed E-state index contributed by atoms with van der Waals surface area (Å²) in [5.41, 5.74) is 5.26. The Morgan fingerprint density at radius 1 is 1.50 bits per heavy atom. The van der Waals surface area contributed by atoms with Gasteiger partial charge in [-0.25, -0.2) is 13.1 Å². The van der Waals surface area contributed by atoms with Gasteiger partial charge in [-0.15, -0.1) is 0 Å². The maximum atomic E-state index is 11.4. The average Bonchev–Trinajstić information content (AvgIpc) is 2.93. The Hall–Kier alpha value is 0.220. The molecule has 0 heterocycles. The highest BCUT2D eigenvalue weighted by Gasteiger charge is 2.42. The molecule has 0 unspecified atom stereocenters. The van der Waals surface area contributed by atoms with E-state index in [0.717, 1.165) is 12.8 Å². The number of thioether (sulfide) groups is 1. The standard InChI is InChI=1S/C8H18N2O2S2/c1-13-8(3-4-8)7-10-14(11,12)6-2-5-9/h10H,2-7,9H2,1H3. The Labute approximate surface area is 90.1 Å². The van der Waals surface area contributed by atoms with Crippen LogP contribution in [0, 0.1) is 0 Å². The molecule has 1 saturated carbocycles. The average molecular weight is 238 g/mol. The highest BCUT2D eigenvalue weighted by atomic mass is 32.2. The zero-order chi connectivity index (χ0) is 10.7. The lowest BCUT2D eigenvalue weighted by Gasteiger charge is -2.12. The zero-order valence-corrected chi connectivity index (χ0v) is 10.1. The molecule has 1 aliphatic carbocycles. The minimum Gasteiger partial charge on any atom is -0.330 e. The van der Waals surface area contributed by atoms with Gasteiger partial charge in [-0.2, -0.15) is 11.8 Å². The lowest BCUT2D eigenvalue weighted by Crippen LogP contribution is -2.33. The van der Waals surface area contributed by atoms with Gasteiger partial charge in [0.05, 0.1) is 5.75 Å². The molecular weight excluding hydrogens is 220 g/mol. The second-order valence-electron chi connectivity index (χ2n) is 3.67. The second-order valence-corrected chi connectivity index (χ2v) is 6.87. The molecule has 0 spiro atoms. The van der Waals surface area contributed by atoms with Crippen molar-refractivity contribution in [1.82, 2.24) is 4.72 Å². The van der Waals surface area contributed by atoms with Crippen LogP contribution in [0.15, 0.2) is 0 Å². The largest absolute Gasteiger partial charge is 0.330 e. The van der Waals surface area contributed by atoms with Crippen molar-refractivity contribution in [2.75, 3.05) is 25.1 Å². The first-order valence-electron chi connectivity index (χ1n) is 4.76. The number of sulfonamides is 1. The van der Waals surface area contributed by atoms with Crippen LogP contribution in [0.3, 0.4) is 0 Å². The summed E-state index contributed by atoms with van der Waals surface area (Å²) in [6, 6.07) is 0. The van der Waals surface area contributed by atoms with Crippen LogP contribution in [0.1, 0.15) is 19.3 Å². The summed E-state index contributed by atoms with van der Waals surface area (Å²) >= 11 is 1.75. The van der Waals surface area contributed by atoms with E-state index < -0.39 is 10.0 Å². The molecule has 14 heavy (non-hydrogen) atoms. The lowest BCUT2D eigenvalue weighted by atomic mass is 10.4. The molecule has 0 aromatic heterocycles. The van der Waals surface area contributed by atoms with Crippen molar-refractivity contribution in [2.45, 2.75) is 24.0 Å². The van der Waals surface area contributed by atoms with Crippen molar-refractivity contribution in [2.24, 2.45) is 5.73 Å². The third-order valence-electron chi connectivity index (χ3n) is 2.47. The molecule has 0 saturated heterocycles. The molecule has 84 valence electrons. The van der Waals surface area contributed by atoms with Crippen molar-refractivity contribution in [1.29, 1.82) is 0 Å². The van der Waals surface area contributed by atoms with Gasteiger partial charge in [-0.05, 0) is 32.1 Å². The maximum absolute atomic E-state index is 11.4. The first-order valence-corrected chi connectivity index (χ1v) is 7.64. The zero-order valence-electron chi connectivity index (χ0n) is 8.45. The molecule has 0 amide bonds. The Morgan fingerprint density at radius 3 is 2.57 bits per heavy atom. The number of hydrogen-bond acceptors (Lipinski definition) is 4. The summed E-state index contributed by atoms with van der Waals surface area (Å²) in [5.74, 6) is 0.147. The first-order chi connectivity index (χ1) is 6.54. The van der Waals surface area contributed by atoms with Crippen LogP contribution in [0.4, 0.5) is 0 Å². The van der Waals surface area contributed by atoms with Gasteiger partial charge in [-0.3, -0.25) is 0 Å². The third kappa shape index (κ3) is 3.76. The number of hydrogen-bond donors (Lipinski definition) is 2. The first kappa shape index (κ1) is 12.3. The fourth-order valence-corrected chi connectivity index (χ4v) is 3.18. The van der Waals surface area contributed by atoms with E-state index >= 15 is 0 Å². The van der Waals surface area contributed by atoms with Crippen LogP contribution in [-0.4, -0.2) is 38.3 Å². The molecule has 4 nitrogen and oxygen atoms in total. The molecule has 6 heteroatoms. The molecule has 0 radical (unpaired) electrons. The normalized spacial score (nSPS) is 19.6. The topological polar surface area (TPSA) is 72.2 Å². The monoisotopic (exact) mass is 238 g/mol. The van der Waals surface area contributed by atoms with Crippen molar-refractivity contribution in [3.05, 3.63) is 0 Å². The molecule has 0 atom stereocenters. The predicted octanol–water partition coefficient (Wildman–Crippen LogP) is 0.150. The summed E-state index contributed by atoms with van der Waals surface area (Å²) in [6.07, 6.45) is 4.80. The van der Waals surface area contributed by atoms with Gasteiger partial charge in [0.15, 0.2) is 0 Å². The van der Waals surface area contributed by atoms with E-state index in [1.54, 1.807) is 11.8 Å². The third-order valence-corrected chi connectivity index (χ3v) is 5.30. The minimum atomic E-state index is -3.09. The Morgan fingerprint density at radius 2 is 2.14 bits per heavy atom. The summed E-state index contributed by atoms with van der Waals surface area (Å²) in [4.78, 5) is 0. The van der Waals surface area contributed by atoms with E-state index in [4.69, 9.17) is 5.73 Å². The van der Waals surface area contributed by atoms with E-state index in [1.807, 2.05) is 6.26 Å². The molecule has 1 fully saturated rings. The molecule has 1 rings (SSSR count). The molecule has 3 N–H and O–H groups in total. The van der Waals surface area contributed by atoms with Gasteiger partial charge in [0.1, 0.15) is 0 Å². The Balaban J connectivity index is 2.29. The van der Waals surface area contributed by atoms with E-state index in [1.165, 1.54) is 0 Å². The number of nitrogens with one attached hydrogen (secondary N) is 1. The lowest BCUT2D eigenvalue weighted by molar-refractivity contribution is 0.577. The fourth-order valence-electron chi connectivity index (χ4n) is 1.18. The van der Waals surface area contributed by atoms with Gasteiger partial charge in [-0.1, -0.05) is 0 Å². The highest BCUT2D eigenvalue weighted by molar-refractivity contribution is 8.00. The summed E-state index contributed by atoms with van der Waals surface area (Å²) in [7, 11) is -3.09. The van der Waals surface area contributed by atoms with Crippen molar-refractivity contribution in [3.8, 4) is 0 Å². The van der Waals surface area contributed by atoms with Gasteiger partial charge in [0, 0.05) is 11.3 Å². The van der Waals surface area contributed by atoms with Crippen LogP contribution < -0.4 is 10.5 Å². The second kappa shape index (κ2) is 4.83. The fraction of sp³-hybridized carbons (Fsp3) is 1.00. The van der Waals surface area contributed by atoms with Crippen LogP contribution in [0.5, 0.6) is 0 Å². The molecular formula is C8H18N2O2S2. The van der Waals surface area contributed by atoms with E-state index in [9.17, 15) is 8.42 Å². The molecule has 0 aromatic carbocycles.